The summed E-state index contributed by atoms with van der Waals surface area (Å²) in [5, 5.41) is 0. The molecule has 0 amide bonds. The first-order chi connectivity index (χ1) is 22.9. The van der Waals surface area contributed by atoms with Gasteiger partial charge in [-0.05, 0) is 89.5 Å². The van der Waals surface area contributed by atoms with Crippen LogP contribution in [0.2, 0.25) is 0 Å². The molecule has 1 aliphatic carbocycles. The number of aryl methyl sites for hydroxylation is 3. The molecular weight excluding hydrogens is 608 g/mol. The molecule has 2 aromatic rings. The number of hydrogen-bond donors (Lipinski definition) is 0. The lowest BCUT2D eigenvalue weighted by Crippen LogP contribution is -2.48. The number of ether oxygens (including phenoxy) is 5. The zero-order chi connectivity index (χ0) is 34.3. The van der Waals surface area contributed by atoms with E-state index in [1.807, 2.05) is 51.1 Å². The van der Waals surface area contributed by atoms with Gasteiger partial charge in [-0.25, -0.2) is 9.59 Å². The molecule has 1 spiro atoms. The van der Waals surface area contributed by atoms with Crippen molar-refractivity contribution in [1.82, 2.24) is 9.80 Å². The first-order valence-corrected chi connectivity index (χ1v) is 17.5. The molecule has 0 bridgehead atoms. The standard InChI is InChI=1S/C39H54N2O7/c1-28-24-29(2)34(30(3)25-28)35-36(46-26-31-10-8-7-9-11-31)39(48-37(35)43)14-12-32(13-15-39)45-23-21-41-18-16-40(17-19-41)20-22-44-27-33(42)47-38(4,5)6/h7-11,24-25,32H,12-23,26-27H2,1-6H3/t32-,39+. The van der Waals surface area contributed by atoms with E-state index >= 15 is 0 Å². The molecule has 2 fully saturated rings. The van der Waals surface area contributed by atoms with Crippen molar-refractivity contribution in [3.05, 3.63) is 76.0 Å². The first-order valence-electron chi connectivity index (χ1n) is 17.5. The van der Waals surface area contributed by atoms with Crippen LogP contribution in [0.4, 0.5) is 0 Å². The maximum Gasteiger partial charge on any atom is 0.343 e. The summed E-state index contributed by atoms with van der Waals surface area (Å²) in [7, 11) is 0. The van der Waals surface area contributed by atoms with Crippen LogP contribution in [0.25, 0.3) is 5.57 Å². The largest absolute Gasteiger partial charge is 0.488 e. The molecule has 0 aromatic heterocycles. The zero-order valence-corrected chi connectivity index (χ0v) is 29.8. The predicted molar refractivity (Wildman–Crippen MR) is 185 cm³/mol. The highest BCUT2D eigenvalue weighted by Crippen LogP contribution is 2.48. The lowest BCUT2D eigenvalue weighted by atomic mass is 9.80. The van der Waals surface area contributed by atoms with Crippen LogP contribution in [-0.4, -0.2) is 98.1 Å². The minimum absolute atomic E-state index is 0.00907. The van der Waals surface area contributed by atoms with E-state index in [1.54, 1.807) is 0 Å². The molecule has 5 rings (SSSR count). The Morgan fingerprint density at radius 1 is 0.917 bits per heavy atom. The number of carbonyl (C=O) groups is 2. The summed E-state index contributed by atoms with van der Waals surface area (Å²) in [4.78, 5) is 30.3. The van der Waals surface area contributed by atoms with Crippen LogP contribution in [0.5, 0.6) is 0 Å². The van der Waals surface area contributed by atoms with Gasteiger partial charge in [0.2, 0.25) is 0 Å². The van der Waals surface area contributed by atoms with Crippen LogP contribution < -0.4 is 0 Å². The van der Waals surface area contributed by atoms with Crippen molar-refractivity contribution in [2.45, 2.75) is 91.1 Å². The molecule has 9 nitrogen and oxygen atoms in total. The molecule has 3 aliphatic rings. The third-order valence-corrected chi connectivity index (χ3v) is 9.44. The molecule has 1 saturated heterocycles. The van der Waals surface area contributed by atoms with Crippen molar-refractivity contribution < 1.29 is 33.3 Å². The average molecular weight is 663 g/mol. The number of nitrogens with zero attached hydrogens (tertiary/aromatic N) is 2. The van der Waals surface area contributed by atoms with E-state index in [0.717, 1.165) is 74.4 Å². The predicted octanol–water partition coefficient (Wildman–Crippen LogP) is 5.77. The molecule has 1 saturated carbocycles. The van der Waals surface area contributed by atoms with Crippen LogP contribution in [0.1, 0.15) is 74.3 Å². The fourth-order valence-electron chi connectivity index (χ4n) is 7.18. The van der Waals surface area contributed by atoms with Gasteiger partial charge in [0, 0.05) is 39.3 Å². The van der Waals surface area contributed by atoms with Gasteiger partial charge in [-0.15, -0.1) is 0 Å². The molecule has 0 radical (unpaired) electrons. The number of piperazine rings is 1. The molecule has 9 heteroatoms. The Morgan fingerprint density at radius 2 is 1.52 bits per heavy atom. The van der Waals surface area contributed by atoms with Gasteiger partial charge in [0.25, 0.3) is 0 Å². The van der Waals surface area contributed by atoms with Gasteiger partial charge < -0.3 is 23.7 Å². The smallest absolute Gasteiger partial charge is 0.343 e. The van der Waals surface area contributed by atoms with Gasteiger partial charge in [0.15, 0.2) is 11.4 Å². The Labute approximate surface area is 286 Å². The number of esters is 2. The Kier molecular flexibility index (Phi) is 12.0. The Hall–Kier alpha value is -3.24. The molecule has 262 valence electrons. The van der Waals surface area contributed by atoms with Crippen molar-refractivity contribution in [3.63, 3.8) is 0 Å². The van der Waals surface area contributed by atoms with E-state index in [-0.39, 0.29) is 24.6 Å². The highest BCUT2D eigenvalue weighted by molar-refractivity contribution is 6.20. The number of carbonyl (C=O) groups excluding carboxylic acids is 2. The molecule has 48 heavy (non-hydrogen) atoms. The molecule has 0 atom stereocenters. The Morgan fingerprint density at radius 3 is 2.12 bits per heavy atom. The van der Waals surface area contributed by atoms with E-state index in [2.05, 4.69) is 42.7 Å². The van der Waals surface area contributed by atoms with Gasteiger partial charge in [-0.1, -0.05) is 48.0 Å². The van der Waals surface area contributed by atoms with Crippen LogP contribution >= 0.6 is 0 Å². The van der Waals surface area contributed by atoms with E-state index in [9.17, 15) is 9.59 Å². The second-order valence-corrected chi connectivity index (χ2v) is 14.5. The summed E-state index contributed by atoms with van der Waals surface area (Å²) in [5.41, 5.74) is 4.59. The zero-order valence-electron chi connectivity index (χ0n) is 29.8. The Balaban J connectivity index is 1.10. The number of benzene rings is 2. The van der Waals surface area contributed by atoms with Crippen molar-refractivity contribution in [1.29, 1.82) is 0 Å². The van der Waals surface area contributed by atoms with Crippen LogP contribution in [0.15, 0.2) is 48.2 Å². The Bertz CT molecular complexity index is 1410. The minimum Gasteiger partial charge on any atom is -0.488 e. The molecule has 2 heterocycles. The normalized spacial score (nSPS) is 22.3. The van der Waals surface area contributed by atoms with Crippen molar-refractivity contribution in [2.75, 3.05) is 59.1 Å². The molecule has 0 unspecified atom stereocenters. The summed E-state index contributed by atoms with van der Waals surface area (Å²) in [6.07, 6.45) is 3.09. The van der Waals surface area contributed by atoms with Gasteiger partial charge in [0.05, 0.1) is 19.3 Å². The van der Waals surface area contributed by atoms with Crippen molar-refractivity contribution >= 4 is 17.5 Å². The monoisotopic (exact) mass is 662 g/mol. The highest BCUT2D eigenvalue weighted by atomic mass is 16.6. The summed E-state index contributed by atoms with van der Waals surface area (Å²) in [5.74, 6) is 0.0642. The summed E-state index contributed by atoms with van der Waals surface area (Å²) in [6.45, 7) is 18.9. The quantitative estimate of drug-likeness (QED) is 0.196. The van der Waals surface area contributed by atoms with Crippen LogP contribution in [-0.2, 0) is 39.9 Å². The van der Waals surface area contributed by atoms with Gasteiger partial charge in [-0.2, -0.15) is 0 Å². The van der Waals surface area contributed by atoms with E-state index < -0.39 is 11.2 Å². The minimum atomic E-state index is -0.766. The molecule has 2 aromatic carbocycles. The lowest BCUT2D eigenvalue weighted by Gasteiger charge is -2.38. The summed E-state index contributed by atoms with van der Waals surface area (Å²) < 4.78 is 30.1. The maximum absolute atomic E-state index is 13.6. The lowest BCUT2D eigenvalue weighted by molar-refractivity contribution is -0.160. The second kappa shape index (κ2) is 16.0. The van der Waals surface area contributed by atoms with E-state index in [0.29, 0.717) is 44.0 Å². The molecule has 2 aliphatic heterocycles. The second-order valence-electron chi connectivity index (χ2n) is 14.5. The third-order valence-electron chi connectivity index (χ3n) is 9.44. The van der Waals surface area contributed by atoms with Crippen molar-refractivity contribution in [2.24, 2.45) is 0 Å². The van der Waals surface area contributed by atoms with Crippen LogP contribution in [0, 0.1) is 20.8 Å². The number of rotatable bonds is 13. The highest BCUT2D eigenvalue weighted by Gasteiger charge is 2.52. The SMILES string of the molecule is Cc1cc(C)c(C2=C(OCc3ccccc3)[C@]3(CC[C@H](OCCN4CCN(CCOCC(=O)OC(C)(C)C)CC4)CC3)OC2=O)c(C)c1. The van der Waals surface area contributed by atoms with E-state index in [4.69, 9.17) is 23.7 Å². The maximum atomic E-state index is 13.6. The summed E-state index contributed by atoms with van der Waals surface area (Å²) in [6, 6.07) is 14.3. The topological polar surface area (TPSA) is 86.8 Å². The first kappa shape index (κ1) is 36.1. The molecule has 0 N–H and O–H groups in total. The van der Waals surface area contributed by atoms with Gasteiger partial charge in [-0.3, -0.25) is 9.80 Å². The summed E-state index contributed by atoms with van der Waals surface area (Å²) >= 11 is 0. The average Bonchev–Trinajstić information content (AvgIpc) is 3.29. The van der Waals surface area contributed by atoms with Gasteiger partial charge >= 0.3 is 11.9 Å². The number of hydrogen-bond acceptors (Lipinski definition) is 9. The van der Waals surface area contributed by atoms with Crippen molar-refractivity contribution in [3.8, 4) is 0 Å². The van der Waals surface area contributed by atoms with Crippen LogP contribution in [0.3, 0.4) is 0 Å². The van der Waals surface area contributed by atoms with E-state index in [1.165, 1.54) is 5.56 Å². The van der Waals surface area contributed by atoms with Gasteiger partial charge in [0.1, 0.15) is 24.4 Å². The fourth-order valence-corrected chi connectivity index (χ4v) is 7.18. The fraction of sp³-hybridized carbons (Fsp3) is 0.590. The third kappa shape index (κ3) is 9.47. The molecular formula is C39H54N2O7.